The first kappa shape index (κ1) is 7.43. The number of hydrogen-bond acceptors (Lipinski definition) is 1. The lowest BCUT2D eigenvalue weighted by Crippen LogP contribution is -2.25. The molecule has 0 saturated heterocycles. The van der Waals surface area contributed by atoms with Gasteiger partial charge in [0.15, 0.2) is 0 Å². The maximum Gasteiger partial charge on any atom is 0.130 e. The molecule has 0 radical (unpaired) electrons. The third kappa shape index (κ3) is 1.06. The van der Waals surface area contributed by atoms with Crippen molar-refractivity contribution < 1.29 is 4.42 Å². The molecule has 0 spiro atoms. The summed E-state index contributed by atoms with van der Waals surface area (Å²) >= 11 is 0. The zero-order chi connectivity index (χ0) is 8.67. The minimum absolute atomic E-state index is 1.15. The van der Waals surface area contributed by atoms with Gasteiger partial charge in [-0.3, -0.25) is 0 Å². The Labute approximate surface area is 77.8 Å². The van der Waals surface area contributed by atoms with Crippen LogP contribution in [0.5, 0.6) is 0 Å². The van der Waals surface area contributed by atoms with Crippen molar-refractivity contribution in [3.63, 3.8) is 0 Å². The van der Waals surface area contributed by atoms with Crippen molar-refractivity contribution in [2.24, 2.45) is 0 Å². The van der Waals surface area contributed by atoms with Crippen molar-refractivity contribution in [3.8, 4) is 0 Å². The Morgan fingerprint density at radius 3 is 2.85 bits per heavy atom. The number of hydrogen-bond donors (Lipinski definition) is 0. The molecule has 0 bridgehead atoms. The summed E-state index contributed by atoms with van der Waals surface area (Å²) in [5, 5.41) is 1.42. The van der Waals surface area contributed by atoms with Gasteiger partial charge in [0.1, 0.15) is 11.2 Å². The molecule has 1 heteroatoms. The van der Waals surface area contributed by atoms with E-state index in [1.54, 1.807) is 0 Å². The van der Waals surface area contributed by atoms with Gasteiger partial charge in [0.2, 0.25) is 0 Å². The fourth-order valence-corrected chi connectivity index (χ4v) is 2.43. The lowest BCUT2D eigenvalue weighted by atomic mass is 9.96. The van der Waals surface area contributed by atoms with Crippen LogP contribution in [0.2, 0.25) is 0 Å². The second-order valence-corrected chi connectivity index (χ2v) is 3.97. The highest BCUT2D eigenvalue weighted by Crippen LogP contribution is 2.17. The Morgan fingerprint density at radius 1 is 1.00 bits per heavy atom. The van der Waals surface area contributed by atoms with Crippen molar-refractivity contribution in [1.82, 2.24) is 0 Å². The quantitative estimate of drug-likeness (QED) is 0.581. The molecular weight excluding hydrogens is 160 g/mol. The number of rotatable bonds is 0. The van der Waals surface area contributed by atoms with E-state index in [2.05, 4.69) is 12.2 Å². The van der Waals surface area contributed by atoms with E-state index in [9.17, 15) is 0 Å². The molecule has 68 valence electrons. The maximum absolute atomic E-state index is 5.84. The van der Waals surface area contributed by atoms with Crippen molar-refractivity contribution in [2.75, 3.05) is 0 Å². The molecule has 0 unspecified atom stereocenters. The first-order chi connectivity index (χ1) is 6.45. The smallest absolute Gasteiger partial charge is 0.130 e. The van der Waals surface area contributed by atoms with E-state index < -0.39 is 0 Å². The zero-order valence-electron chi connectivity index (χ0n) is 7.81. The minimum Gasteiger partial charge on any atom is -0.461 e. The van der Waals surface area contributed by atoms with Crippen molar-refractivity contribution >= 4 is 12.2 Å². The van der Waals surface area contributed by atoms with E-state index in [0.29, 0.717) is 0 Å². The summed E-state index contributed by atoms with van der Waals surface area (Å²) in [6.07, 6.45) is 12.0. The summed E-state index contributed by atoms with van der Waals surface area (Å²) in [5.74, 6) is 1.27. The predicted molar refractivity (Wildman–Crippen MR) is 52.8 cm³/mol. The van der Waals surface area contributed by atoms with E-state index in [-0.39, 0.29) is 0 Å². The molecule has 0 aliphatic heterocycles. The van der Waals surface area contributed by atoms with E-state index in [4.69, 9.17) is 4.42 Å². The van der Waals surface area contributed by atoms with E-state index in [1.165, 1.54) is 42.2 Å². The summed E-state index contributed by atoms with van der Waals surface area (Å²) in [4.78, 5) is 0. The van der Waals surface area contributed by atoms with Gasteiger partial charge in [-0.1, -0.05) is 6.08 Å². The van der Waals surface area contributed by atoms with Gasteiger partial charge in [-0.05, 0) is 38.2 Å². The van der Waals surface area contributed by atoms with Gasteiger partial charge in [-0.25, -0.2) is 0 Å². The lowest BCUT2D eigenvalue weighted by Gasteiger charge is -2.08. The highest BCUT2D eigenvalue weighted by molar-refractivity contribution is 5.40. The van der Waals surface area contributed by atoms with E-state index >= 15 is 0 Å². The van der Waals surface area contributed by atoms with Crippen molar-refractivity contribution in [1.29, 1.82) is 0 Å². The van der Waals surface area contributed by atoms with Gasteiger partial charge in [-0.2, -0.15) is 0 Å². The van der Waals surface area contributed by atoms with Gasteiger partial charge in [0.05, 0.1) is 0 Å². The second-order valence-electron chi connectivity index (χ2n) is 3.97. The predicted octanol–water partition coefficient (Wildman–Crippen LogP) is 1.51. The zero-order valence-corrected chi connectivity index (χ0v) is 7.81. The van der Waals surface area contributed by atoms with Gasteiger partial charge >= 0.3 is 0 Å². The molecule has 0 atom stereocenters. The van der Waals surface area contributed by atoms with Crippen LogP contribution in [0.1, 0.15) is 37.0 Å². The summed E-state index contributed by atoms with van der Waals surface area (Å²) < 4.78 is 5.84. The SMILES string of the molecule is C1=c2oc3c(c2=CCC1)CCCC3. The van der Waals surface area contributed by atoms with Gasteiger partial charge < -0.3 is 4.42 Å². The van der Waals surface area contributed by atoms with Gasteiger partial charge in [0.25, 0.3) is 0 Å². The van der Waals surface area contributed by atoms with Crippen LogP contribution in [0.25, 0.3) is 12.2 Å². The fraction of sp³-hybridized carbons (Fsp3) is 0.500. The van der Waals surface area contributed by atoms with Gasteiger partial charge in [0, 0.05) is 17.2 Å². The number of aryl methyl sites for hydroxylation is 1. The molecular formula is C12H14O. The average molecular weight is 174 g/mol. The average Bonchev–Trinajstić information content (AvgIpc) is 2.56. The first-order valence-electron chi connectivity index (χ1n) is 5.26. The van der Waals surface area contributed by atoms with Crippen LogP contribution in [0.15, 0.2) is 4.42 Å². The van der Waals surface area contributed by atoms with Crippen LogP contribution >= 0.6 is 0 Å². The highest BCUT2D eigenvalue weighted by atomic mass is 16.3. The molecule has 1 aromatic rings. The van der Waals surface area contributed by atoms with Crippen LogP contribution in [0.4, 0.5) is 0 Å². The molecule has 1 aromatic heterocycles. The van der Waals surface area contributed by atoms with Crippen LogP contribution < -0.4 is 10.6 Å². The Hall–Kier alpha value is -0.980. The minimum atomic E-state index is 1.15. The summed E-state index contributed by atoms with van der Waals surface area (Å²) in [6, 6.07) is 0. The molecule has 2 aliphatic rings. The van der Waals surface area contributed by atoms with Crippen molar-refractivity contribution in [3.05, 3.63) is 22.0 Å². The van der Waals surface area contributed by atoms with Crippen LogP contribution in [0, 0.1) is 0 Å². The molecule has 1 heterocycles. The third-order valence-corrected chi connectivity index (χ3v) is 3.09. The summed E-state index contributed by atoms with van der Waals surface area (Å²) in [5.41, 5.74) is 2.66. The molecule has 0 fully saturated rings. The molecule has 0 amide bonds. The Kier molecular flexibility index (Phi) is 1.58. The van der Waals surface area contributed by atoms with Crippen LogP contribution in [-0.2, 0) is 12.8 Å². The molecule has 13 heavy (non-hydrogen) atoms. The second kappa shape index (κ2) is 2.76. The molecule has 0 aromatic carbocycles. The largest absolute Gasteiger partial charge is 0.461 e. The Morgan fingerprint density at radius 2 is 1.85 bits per heavy atom. The first-order valence-corrected chi connectivity index (χ1v) is 5.26. The normalized spacial score (nSPS) is 19.7. The number of furan rings is 1. The fourth-order valence-electron chi connectivity index (χ4n) is 2.43. The van der Waals surface area contributed by atoms with E-state index in [1.807, 2.05) is 0 Å². The lowest BCUT2D eigenvalue weighted by molar-refractivity contribution is 0.454. The molecule has 1 nitrogen and oxygen atoms in total. The molecule has 3 rings (SSSR count). The maximum atomic E-state index is 5.84. The Balaban J connectivity index is 2.33. The molecule has 2 aliphatic carbocycles. The summed E-state index contributed by atoms with van der Waals surface area (Å²) in [7, 11) is 0. The van der Waals surface area contributed by atoms with Crippen molar-refractivity contribution in [2.45, 2.75) is 38.5 Å². The summed E-state index contributed by atoms with van der Waals surface area (Å²) in [6.45, 7) is 0. The molecule has 0 N–H and O–H groups in total. The van der Waals surface area contributed by atoms with Crippen LogP contribution in [0.3, 0.4) is 0 Å². The number of fused-ring (bicyclic) bond motifs is 3. The monoisotopic (exact) mass is 174 g/mol. The standard InChI is InChI=1S/C12H14O/c1-3-7-11-9(5-1)10-6-2-4-8-12(10)13-11/h5,7H,1-4,6,8H2. The Bertz CT molecular complexity index is 436. The third-order valence-electron chi connectivity index (χ3n) is 3.09. The molecule has 0 saturated carbocycles. The van der Waals surface area contributed by atoms with E-state index in [0.717, 1.165) is 18.3 Å². The topological polar surface area (TPSA) is 13.1 Å². The van der Waals surface area contributed by atoms with Crippen LogP contribution in [-0.4, -0.2) is 0 Å². The highest BCUT2D eigenvalue weighted by Gasteiger charge is 2.15. The van der Waals surface area contributed by atoms with Gasteiger partial charge in [-0.15, -0.1) is 0 Å².